The van der Waals surface area contributed by atoms with Gasteiger partial charge in [-0.3, -0.25) is 14.1 Å². The Bertz CT molecular complexity index is 192. The van der Waals surface area contributed by atoms with Gasteiger partial charge in [-0.05, 0) is 0 Å². The lowest BCUT2D eigenvalue weighted by atomic mass is 10.4. The zero-order chi connectivity index (χ0) is 7.82. The van der Waals surface area contributed by atoms with Crippen molar-refractivity contribution >= 4 is 10.7 Å². The largest absolute Gasteiger partial charge is 0.269 e. The van der Waals surface area contributed by atoms with Crippen molar-refractivity contribution in [3.05, 3.63) is 36.4 Å². The van der Waals surface area contributed by atoms with E-state index in [2.05, 4.69) is 0 Å². The van der Waals surface area contributed by atoms with Gasteiger partial charge < -0.3 is 0 Å². The summed E-state index contributed by atoms with van der Waals surface area (Å²) in [5.74, 6) is 0. The Balaban J connectivity index is -0.0000000536. The molecular formula is C7H13F3O2S. The molecule has 1 aromatic carbocycles. The Kier molecular flexibility index (Phi) is 29.9. The van der Waals surface area contributed by atoms with Gasteiger partial charge in [-0.2, -0.15) is 0 Å². The van der Waals surface area contributed by atoms with Crippen molar-refractivity contribution in [1.82, 2.24) is 0 Å². The Morgan fingerprint density at radius 1 is 0.692 bits per heavy atom. The fourth-order valence-corrected chi connectivity index (χ4v) is 0.385. The van der Waals surface area contributed by atoms with Crippen LogP contribution in [0.5, 0.6) is 0 Å². The summed E-state index contributed by atoms with van der Waals surface area (Å²) in [5, 5.41) is 0. The minimum absolute atomic E-state index is 0. The summed E-state index contributed by atoms with van der Waals surface area (Å²) in [7, 11) is -2.12. The van der Waals surface area contributed by atoms with E-state index in [1.807, 2.05) is 36.4 Å². The van der Waals surface area contributed by atoms with Gasteiger partial charge in [0.15, 0.2) is 0 Å². The summed E-state index contributed by atoms with van der Waals surface area (Å²) in [6.45, 7) is 0. The van der Waals surface area contributed by atoms with E-state index in [1.54, 1.807) is 0 Å². The molecule has 0 saturated carbocycles. The van der Waals surface area contributed by atoms with Crippen molar-refractivity contribution in [3.63, 3.8) is 0 Å². The molecule has 0 spiro atoms. The Labute approximate surface area is 76.6 Å². The first-order valence-electron chi connectivity index (χ1n) is 2.81. The SMILES string of the molecule is C[SH](=O)=O.F.F.F.c1ccccc1. The summed E-state index contributed by atoms with van der Waals surface area (Å²) in [6, 6.07) is 12.0. The normalized spacial score (nSPS) is 6.31. The Morgan fingerprint density at radius 3 is 0.846 bits per heavy atom. The molecule has 0 amide bonds. The highest BCUT2D eigenvalue weighted by Gasteiger charge is 1.57. The number of hydrogen-bond donors (Lipinski definition) is 1. The third kappa shape index (κ3) is 35.8. The maximum atomic E-state index is 9.04. The Hall–Kier alpha value is -1.04. The van der Waals surface area contributed by atoms with Gasteiger partial charge in [-0.25, -0.2) is 8.42 Å². The molecule has 1 aromatic rings. The van der Waals surface area contributed by atoms with E-state index in [1.165, 1.54) is 0 Å². The third-order valence-electron chi connectivity index (χ3n) is 0.667. The Morgan fingerprint density at radius 2 is 0.769 bits per heavy atom. The predicted octanol–water partition coefficient (Wildman–Crippen LogP) is 1.37. The topological polar surface area (TPSA) is 34.1 Å². The first-order valence-corrected chi connectivity index (χ1v) is 4.44. The first-order chi connectivity index (χ1) is 4.73. The van der Waals surface area contributed by atoms with Crippen molar-refractivity contribution in [3.8, 4) is 0 Å². The van der Waals surface area contributed by atoms with Gasteiger partial charge in [0.2, 0.25) is 0 Å². The van der Waals surface area contributed by atoms with E-state index in [9.17, 15) is 0 Å². The fourth-order valence-electron chi connectivity index (χ4n) is 0.385. The molecule has 0 aromatic heterocycles. The quantitative estimate of drug-likeness (QED) is 0.667. The molecule has 0 bridgehead atoms. The van der Waals surface area contributed by atoms with Crippen LogP contribution in [0.1, 0.15) is 0 Å². The van der Waals surface area contributed by atoms with Crippen molar-refractivity contribution in [2.24, 2.45) is 0 Å². The number of thiol groups is 1. The molecule has 0 fully saturated rings. The minimum Gasteiger partial charge on any atom is -0.269 e. The molecule has 0 heterocycles. The van der Waals surface area contributed by atoms with Gasteiger partial charge in [-0.15, -0.1) is 0 Å². The maximum Gasteiger partial charge on any atom is 0.137 e. The van der Waals surface area contributed by atoms with E-state index in [-0.39, 0.29) is 14.1 Å². The molecule has 0 radical (unpaired) electrons. The monoisotopic (exact) mass is 218 g/mol. The molecule has 0 unspecified atom stereocenters. The van der Waals surface area contributed by atoms with E-state index in [0.29, 0.717) is 0 Å². The van der Waals surface area contributed by atoms with E-state index >= 15 is 0 Å². The summed E-state index contributed by atoms with van der Waals surface area (Å²) < 4.78 is 18.1. The van der Waals surface area contributed by atoms with Gasteiger partial charge in [0, 0.05) is 6.26 Å². The second kappa shape index (κ2) is 17.2. The van der Waals surface area contributed by atoms with Gasteiger partial charge in [0.25, 0.3) is 0 Å². The van der Waals surface area contributed by atoms with Gasteiger partial charge in [0.1, 0.15) is 10.7 Å². The molecule has 0 aliphatic rings. The summed E-state index contributed by atoms with van der Waals surface area (Å²) in [5.41, 5.74) is 0. The van der Waals surface area contributed by atoms with Crippen LogP contribution in [0.3, 0.4) is 0 Å². The van der Waals surface area contributed by atoms with Crippen LogP contribution in [-0.2, 0) is 10.7 Å². The zero-order valence-corrected chi connectivity index (χ0v) is 7.85. The van der Waals surface area contributed by atoms with Gasteiger partial charge in [0.05, 0.1) is 0 Å². The van der Waals surface area contributed by atoms with Crippen LogP contribution in [0.2, 0.25) is 0 Å². The number of halogens is 3. The molecule has 0 aliphatic heterocycles. The first kappa shape index (κ1) is 22.7. The van der Waals surface area contributed by atoms with Crippen molar-refractivity contribution in [1.29, 1.82) is 0 Å². The van der Waals surface area contributed by atoms with Crippen LogP contribution in [0.15, 0.2) is 36.4 Å². The second-order valence-electron chi connectivity index (χ2n) is 1.59. The second-order valence-corrected chi connectivity index (χ2v) is 2.47. The molecule has 80 valence electrons. The third-order valence-corrected chi connectivity index (χ3v) is 0.667. The number of rotatable bonds is 0. The van der Waals surface area contributed by atoms with Crippen molar-refractivity contribution in [2.75, 3.05) is 6.26 Å². The summed E-state index contributed by atoms with van der Waals surface area (Å²) in [6.07, 6.45) is 1.12. The molecule has 13 heavy (non-hydrogen) atoms. The van der Waals surface area contributed by atoms with Crippen molar-refractivity contribution < 1.29 is 22.5 Å². The average Bonchev–Trinajstić information content (AvgIpc) is 1.90. The smallest absolute Gasteiger partial charge is 0.137 e. The molecule has 0 saturated heterocycles. The molecule has 2 nitrogen and oxygen atoms in total. The maximum absolute atomic E-state index is 9.04. The highest BCUT2D eigenvalue weighted by molar-refractivity contribution is 7.71. The van der Waals surface area contributed by atoms with Gasteiger partial charge in [-0.1, -0.05) is 36.4 Å². The zero-order valence-electron chi connectivity index (χ0n) is 6.95. The van der Waals surface area contributed by atoms with Crippen LogP contribution in [-0.4, -0.2) is 14.7 Å². The minimum atomic E-state index is -2.12. The lowest BCUT2D eigenvalue weighted by Gasteiger charge is -1.69. The standard InChI is InChI=1S/C6H6.CH4O2S.3FH/c1-2-4-6-5-3-1;1-4(2)3;;;/h1-6H;4H,1H3;3*1H. The van der Waals surface area contributed by atoms with Crippen molar-refractivity contribution in [2.45, 2.75) is 0 Å². The summed E-state index contributed by atoms with van der Waals surface area (Å²) in [4.78, 5) is 0. The highest BCUT2D eigenvalue weighted by Crippen LogP contribution is 1.79. The predicted molar refractivity (Wildman–Crippen MR) is 50.2 cm³/mol. The average molecular weight is 218 g/mol. The van der Waals surface area contributed by atoms with E-state index in [4.69, 9.17) is 8.42 Å². The van der Waals surface area contributed by atoms with Crippen LogP contribution < -0.4 is 0 Å². The molecule has 0 aliphatic carbocycles. The fraction of sp³-hybridized carbons (Fsp3) is 0.143. The van der Waals surface area contributed by atoms with Crippen LogP contribution in [0, 0.1) is 0 Å². The lowest BCUT2D eigenvalue weighted by molar-refractivity contribution is 0.619. The molecule has 6 heteroatoms. The molecule has 0 N–H and O–H groups in total. The molecular weight excluding hydrogens is 205 g/mol. The molecule has 0 atom stereocenters. The molecule has 1 rings (SSSR count). The lowest BCUT2D eigenvalue weighted by Crippen LogP contribution is -1.56. The summed E-state index contributed by atoms with van der Waals surface area (Å²) >= 11 is 0. The van der Waals surface area contributed by atoms with E-state index in [0.717, 1.165) is 6.26 Å². The van der Waals surface area contributed by atoms with Crippen LogP contribution >= 0.6 is 0 Å². The van der Waals surface area contributed by atoms with Gasteiger partial charge >= 0.3 is 0 Å². The number of benzene rings is 1. The van der Waals surface area contributed by atoms with Crippen LogP contribution in [0.4, 0.5) is 14.1 Å². The highest BCUT2D eigenvalue weighted by atomic mass is 32.2. The van der Waals surface area contributed by atoms with E-state index < -0.39 is 10.7 Å². The number of hydrogen-bond acceptors (Lipinski definition) is 2. The van der Waals surface area contributed by atoms with Crippen LogP contribution in [0.25, 0.3) is 0 Å².